The Balaban J connectivity index is 1.40. The summed E-state index contributed by atoms with van der Waals surface area (Å²) in [5, 5.41) is 4.75. The molecule has 2 nitrogen and oxygen atoms in total. The van der Waals surface area contributed by atoms with E-state index in [4.69, 9.17) is 0 Å². The zero-order valence-corrected chi connectivity index (χ0v) is 27.7. The number of rotatable bonds is 7. The first-order valence-corrected chi connectivity index (χ1v) is 17.4. The van der Waals surface area contributed by atoms with Crippen molar-refractivity contribution in [3.63, 3.8) is 0 Å². The van der Waals surface area contributed by atoms with E-state index in [2.05, 4.69) is 216 Å². The molecule has 7 aromatic rings. The van der Waals surface area contributed by atoms with Gasteiger partial charge in [0.05, 0.1) is 11.4 Å². The summed E-state index contributed by atoms with van der Waals surface area (Å²) in [6.45, 7) is 0. The van der Waals surface area contributed by atoms with E-state index in [1.165, 1.54) is 38.4 Å². The standard InChI is InChI=1S/C48H36N2/c1-5-19-39(20-6-1)49(40-21-7-2-8-22-40)47-43-27-15-16-28-44(43)48(50(41-23-9-3-10-24-41)42-25-11-4-12-26-42)46-34-38(31-32-45(46)47)37-30-29-35-17-13-14-18-36(35)33-37/h1-36H. The predicted molar refractivity (Wildman–Crippen MR) is 213 cm³/mol. The third-order valence-corrected chi connectivity index (χ3v) is 9.90. The van der Waals surface area contributed by atoms with E-state index in [0.717, 1.165) is 28.4 Å². The van der Waals surface area contributed by atoms with Crippen LogP contribution in [0.2, 0.25) is 0 Å². The van der Waals surface area contributed by atoms with Crippen LogP contribution in [0.25, 0.3) is 27.1 Å². The summed E-state index contributed by atoms with van der Waals surface area (Å²) in [4.78, 5) is 4.86. The molecule has 0 aliphatic heterocycles. The Kier molecular flexibility index (Phi) is 7.68. The molecule has 2 heteroatoms. The van der Waals surface area contributed by atoms with Gasteiger partial charge in [-0.25, -0.2) is 0 Å². The zero-order chi connectivity index (χ0) is 33.3. The lowest BCUT2D eigenvalue weighted by molar-refractivity contribution is 0.663. The average Bonchev–Trinajstić information content (AvgIpc) is 3.20. The van der Waals surface area contributed by atoms with Gasteiger partial charge >= 0.3 is 0 Å². The van der Waals surface area contributed by atoms with Crippen molar-refractivity contribution < 1.29 is 0 Å². The SMILES string of the molecule is C1=CC2C=CC(c3ccc4c(N(c5ccccc5)c5ccccc5)c5ccccc5c(N(c5ccccc5)c5ccccc5)c4c3)=CC2C=C1. The van der Waals surface area contributed by atoms with Crippen molar-refractivity contribution >= 4 is 61.2 Å². The molecular formula is C48H36N2. The number of hydrogen-bond donors (Lipinski definition) is 0. The molecule has 2 aliphatic carbocycles. The van der Waals surface area contributed by atoms with Crippen molar-refractivity contribution in [2.75, 3.05) is 9.80 Å². The second kappa shape index (κ2) is 12.9. The monoisotopic (exact) mass is 640 g/mol. The molecule has 2 atom stereocenters. The lowest BCUT2D eigenvalue weighted by Gasteiger charge is -2.33. The highest BCUT2D eigenvalue weighted by Gasteiger charge is 2.26. The lowest BCUT2D eigenvalue weighted by Crippen LogP contribution is -2.14. The number of anilines is 6. The molecule has 0 radical (unpaired) electrons. The summed E-state index contributed by atoms with van der Waals surface area (Å²) in [5.74, 6) is 0.770. The van der Waals surface area contributed by atoms with Crippen LogP contribution in [0, 0.1) is 11.8 Å². The van der Waals surface area contributed by atoms with Crippen LogP contribution >= 0.6 is 0 Å². The fourth-order valence-electron chi connectivity index (χ4n) is 7.59. The Bertz CT molecular complexity index is 2350. The highest BCUT2D eigenvalue weighted by molar-refractivity contribution is 6.23. The van der Waals surface area contributed by atoms with Crippen molar-refractivity contribution in [3.05, 3.63) is 212 Å². The molecule has 0 fully saturated rings. The second-order valence-electron chi connectivity index (χ2n) is 12.9. The minimum Gasteiger partial charge on any atom is -0.309 e. The average molecular weight is 641 g/mol. The van der Waals surface area contributed by atoms with Crippen molar-refractivity contribution in [2.24, 2.45) is 11.8 Å². The maximum Gasteiger partial charge on any atom is 0.0620 e. The number of fused-ring (bicyclic) bond motifs is 3. The molecule has 50 heavy (non-hydrogen) atoms. The van der Waals surface area contributed by atoms with Gasteiger partial charge in [0.2, 0.25) is 0 Å². The largest absolute Gasteiger partial charge is 0.309 e. The molecule has 0 N–H and O–H groups in total. The van der Waals surface area contributed by atoms with Gasteiger partial charge in [0.25, 0.3) is 0 Å². The Hall–Kier alpha value is -6.38. The summed E-state index contributed by atoms with van der Waals surface area (Å²) >= 11 is 0. The molecule has 238 valence electrons. The van der Waals surface area contributed by atoms with Crippen LogP contribution in [-0.4, -0.2) is 0 Å². The highest BCUT2D eigenvalue weighted by atomic mass is 15.2. The van der Waals surface area contributed by atoms with Crippen molar-refractivity contribution in [1.82, 2.24) is 0 Å². The molecular weight excluding hydrogens is 605 g/mol. The summed E-state index contributed by atoms with van der Waals surface area (Å²) < 4.78 is 0. The minimum atomic E-state index is 0.360. The summed E-state index contributed by atoms with van der Waals surface area (Å²) in [6, 6.07) is 59.0. The normalized spacial score (nSPS) is 16.3. The number of para-hydroxylation sites is 4. The summed E-state index contributed by atoms with van der Waals surface area (Å²) in [7, 11) is 0. The van der Waals surface area contributed by atoms with Crippen LogP contribution in [0.3, 0.4) is 0 Å². The van der Waals surface area contributed by atoms with Gasteiger partial charge in [-0.05, 0) is 65.7 Å². The first-order valence-electron chi connectivity index (χ1n) is 17.4. The molecule has 0 saturated heterocycles. The lowest BCUT2D eigenvalue weighted by atomic mass is 9.81. The van der Waals surface area contributed by atoms with Crippen LogP contribution in [0.15, 0.2) is 206 Å². The van der Waals surface area contributed by atoms with E-state index >= 15 is 0 Å². The molecule has 9 rings (SSSR count). The van der Waals surface area contributed by atoms with Crippen LogP contribution in [0.4, 0.5) is 34.1 Å². The molecule has 0 bridgehead atoms. The van der Waals surface area contributed by atoms with Crippen LogP contribution < -0.4 is 9.80 Å². The van der Waals surface area contributed by atoms with Crippen molar-refractivity contribution in [1.29, 1.82) is 0 Å². The Labute approximate surface area is 293 Å². The van der Waals surface area contributed by atoms with Crippen LogP contribution in [0.5, 0.6) is 0 Å². The van der Waals surface area contributed by atoms with E-state index < -0.39 is 0 Å². The van der Waals surface area contributed by atoms with Gasteiger partial charge in [0.15, 0.2) is 0 Å². The van der Waals surface area contributed by atoms with E-state index in [9.17, 15) is 0 Å². The van der Waals surface area contributed by atoms with E-state index in [1.807, 2.05) is 0 Å². The molecule has 0 spiro atoms. The molecule has 2 unspecified atom stereocenters. The Morgan fingerprint density at radius 2 is 0.780 bits per heavy atom. The second-order valence-corrected chi connectivity index (χ2v) is 12.9. The summed E-state index contributed by atoms with van der Waals surface area (Å²) in [6.07, 6.45) is 16.0. The van der Waals surface area contributed by atoms with Crippen LogP contribution in [0.1, 0.15) is 5.56 Å². The van der Waals surface area contributed by atoms with Crippen molar-refractivity contribution in [3.8, 4) is 0 Å². The third kappa shape index (κ3) is 5.32. The molecule has 0 saturated carbocycles. The molecule has 0 amide bonds. The van der Waals surface area contributed by atoms with E-state index in [-0.39, 0.29) is 0 Å². The number of nitrogens with zero attached hydrogens (tertiary/aromatic N) is 2. The van der Waals surface area contributed by atoms with Gasteiger partial charge < -0.3 is 9.80 Å². The van der Waals surface area contributed by atoms with Gasteiger partial charge in [0, 0.05) is 56.1 Å². The maximum absolute atomic E-state index is 2.43. The summed E-state index contributed by atoms with van der Waals surface area (Å²) in [5.41, 5.74) is 9.26. The van der Waals surface area contributed by atoms with Gasteiger partial charge in [0.1, 0.15) is 0 Å². The van der Waals surface area contributed by atoms with Gasteiger partial charge in [-0.3, -0.25) is 0 Å². The van der Waals surface area contributed by atoms with Gasteiger partial charge in [-0.1, -0.05) is 152 Å². The predicted octanol–water partition coefficient (Wildman–Crippen LogP) is 13.2. The number of allylic oxidation sites excluding steroid dienone is 8. The van der Waals surface area contributed by atoms with E-state index in [1.54, 1.807) is 0 Å². The first-order chi connectivity index (χ1) is 24.8. The minimum absolute atomic E-state index is 0.360. The van der Waals surface area contributed by atoms with Crippen LogP contribution in [-0.2, 0) is 0 Å². The molecule has 2 aliphatic rings. The quantitative estimate of drug-likeness (QED) is 0.126. The third-order valence-electron chi connectivity index (χ3n) is 9.90. The van der Waals surface area contributed by atoms with Crippen molar-refractivity contribution in [2.45, 2.75) is 0 Å². The highest BCUT2D eigenvalue weighted by Crippen LogP contribution is 2.51. The number of hydrogen-bond acceptors (Lipinski definition) is 2. The number of benzene rings is 7. The first kappa shape index (κ1) is 29.7. The topological polar surface area (TPSA) is 6.48 Å². The Morgan fingerprint density at radius 3 is 1.28 bits per heavy atom. The zero-order valence-electron chi connectivity index (χ0n) is 27.7. The smallest absolute Gasteiger partial charge is 0.0620 e. The fraction of sp³-hybridized carbons (Fsp3) is 0.0417. The fourth-order valence-corrected chi connectivity index (χ4v) is 7.59. The molecule has 0 aromatic heterocycles. The van der Waals surface area contributed by atoms with Gasteiger partial charge in [-0.15, -0.1) is 0 Å². The van der Waals surface area contributed by atoms with E-state index in [0.29, 0.717) is 11.8 Å². The van der Waals surface area contributed by atoms with Gasteiger partial charge in [-0.2, -0.15) is 0 Å². The molecule has 7 aromatic carbocycles. The molecule has 0 heterocycles. The Morgan fingerprint density at radius 1 is 0.360 bits per heavy atom. The maximum atomic E-state index is 2.43.